The zero-order chi connectivity index (χ0) is 13.7. The maximum atomic E-state index is 11.7. The number of carbonyl (C=O) groups is 1. The molecule has 2 rings (SSSR count). The fraction of sp³-hybridized carbons (Fsp3) is 0.800. The minimum atomic E-state index is 0.310. The maximum Gasteiger partial charge on any atom is 0.223 e. The maximum absolute atomic E-state index is 11.7. The number of likely N-dealkylation sites (tertiary alicyclic amines) is 1. The van der Waals surface area contributed by atoms with Gasteiger partial charge < -0.3 is 14.7 Å². The van der Waals surface area contributed by atoms with Gasteiger partial charge in [0.15, 0.2) is 0 Å². The van der Waals surface area contributed by atoms with E-state index in [0.717, 1.165) is 19.5 Å². The van der Waals surface area contributed by atoms with Crippen LogP contribution in [0, 0.1) is 5.92 Å². The van der Waals surface area contributed by atoms with Crippen LogP contribution in [0.15, 0.2) is 12.7 Å². The lowest BCUT2D eigenvalue weighted by Crippen LogP contribution is -2.44. The molecule has 4 heteroatoms. The van der Waals surface area contributed by atoms with Gasteiger partial charge in [-0.2, -0.15) is 0 Å². The van der Waals surface area contributed by atoms with Gasteiger partial charge in [-0.05, 0) is 26.4 Å². The summed E-state index contributed by atoms with van der Waals surface area (Å²) < 4.78 is 0. The lowest BCUT2D eigenvalue weighted by molar-refractivity contribution is -0.127. The summed E-state index contributed by atoms with van der Waals surface area (Å²) in [5, 5.41) is 0. The molecular formula is C15H27N3O. The van der Waals surface area contributed by atoms with Crippen molar-refractivity contribution in [2.75, 3.05) is 52.9 Å². The molecule has 108 valence electrons. The Bertz CT molecular complexity index is 311. The number of likely N-dealkylation sites (N-methyl/N-ethyl adjacent to an activating group) is 1. The molecule has 2 aliphatic rings. The highest BCUT2D eigenvalue weighted by molar-refractivity contribution is 5.78. The molecule has 2 heterocycles. The average Bonchev–Trinajstić information content (AvgIpc) is 2.77. The van der Waals surface area contributed by atoms with Crippen molar-refractivity contribution in [2.45, 2.75) is 19.3 Å². The third kappa shape index (κ3) is 4.32. The summed E-state index contributed by atoms with van der Waals surface area (Å²) in [6, 6.07) is 0. The van der Waals surface area contributed by atoms with Gasteiger partial charge in [-0.3, -0.25) is 4.79 Å². The minimum absolute atomic E-state index is 0.310. The van der Waals surface area contributed by atoms with Crippen molar-refractivity contribution in [3.63, 3.8) is 0 Å². The molecule has 0 aromatic carbocycles. The van der Waals surface area contributed by atoms with Gasteiger partial charge >= 0.3 is 0 Å². The summed E-state index contributed by atoms with van der Waals surface area (Å²) in [4.78, 5) is 18.7. The van der Waals surface area contributed by atoms with Crippen LogP contribution in [-0.2, 0) is 4.79 Å². The second-order valence-electron chi connectivity index (χ2n) is 5.89. The molecule has 1 unspecified atom stereocenters. The molecule has 0 radical (unpaired) electrons. The van der Waals surface area contributed by atoms with Crippen LogP contribution in [0.25, 0.3) is 0 Å². The van der Waals surface area contributed by atoms with Crippen LogP contribution in [-0.4, -0.2) is 73.5 Å². The first kappa shape index (κ1) is 14.5. The Balaban J connectivity index is 1.57. The van der Waals surface area contributed by atoms with Gasteiger partial charge in [-0.1, -0.05) is 6.08 Å². The summed E-state index contributed by atoms with van der Waals surface area (Å²) in [7, 11) is 2.19. The first-order chi connectivity index (χ1) is 9.19. The van der Waals surface area contributed by atoms with Gasteiger partial charge in [-0.15, -0.1) is 6.58 Å². The summed E-state index contributed by atoms with van der Waals surface area (Å²) >= 11 is 0. The van der Waals surface area contributed by atoms with Gasteiger partial charge in [0, 0.05) is 51.6 Å². The molecule has 0 aromatic heterocycles. The first-order valence-electron chi connectivity index (χ1n) is 7.50. The topological polar surface area (TPSA) is 26.8 Å². The van der Waals surface area contributed by atoms with Gasteiger partial charge in [0.2, 0.25) is 5.91 Å². The van der Waals surface area contributed by atoms with Gasteiger partial charge in [0.05, 0.1) is 0 Å². The fourth-order valence-corrected chi connectivity index (χ4v) is 2.89. The average molecular weight is 265 g/mol. The van der Waals surface area contributed by atoms with E-state index >= 15 is 0 Å². The largest absolute Gasteiger partial charge is 0.342 e. The molecular weight excluding hydrogens is 238 g/mol. The Kier molecular flexibility index (Phi) is 5.40. The van der Waals surface area contributed by atoms with E-state index < -0.39 is 0 Å². The lowest BCUT2D eigenvalue weighted by atomic mass is 10.1. The van der Waals surface area contributed by atoms with Crippen LogP contribution in [0.3, 0.4) is 0 Å². The molecule has 0 N–H and O–H groups in total. The normalized spacial score (nSPS) is 26.1. The Labute approximate surface area is 117 Å². The van der Waals surface area contributed by atoms with Crippen molar-refractivity contribution < 1.29 is 4.79 Å². The first-order valence-corrected chi connectivity index (χ1v) is 7.50. The van der Waals surface area contributed by atoms with Crippen LogP contribution < -0.4 is 0 Å². The number of piperazine rings is 1. The second-order valence-corrected chi connectivity index (χ2v) is 5.89. The third-order valence-electron chi connectivity index (χ3n) is 4.33. The third-order valence-corrected chi connectivity index (χ3v) is 4.33. The van der Waals surface area contributed by atoms with E-state index in [1.54, 1.807) is 0 Å². The second kappa shape index (κ2) is 7.06. The lowest BCUT2D eigenvalue weighted by Gasteiger charge is -2.32. The number of carbonyl (C=O) groups excluding carboxylic acids is 1. The van der Waals surface area contributed by atoms with Gasteiger partial charge in [0.1, 0.15) is 0 Å². The summed E-state index contributed by atoms with van der Waals surface area (Å²) in [6.45, 7) is 11.5. The molecule has 2 fully saturated rings. The van der Waals surface area contributed by atoms with Crippen LogP contribution in [0.4, 0.5) is 0 Å². The molecule has 0 aliphatic carbocycles. The Hall–Kier alpha value is -0.870. The fourth-order valence-electron chi connectivity index (χ4n) is 2.89. The standard InChI is InChI=1S/C15H27N3O/c1-3-14-12-15(19)18(13-14)7-5-4-6-17-10-8-16(2)9-11-17/h3,14H,1,4-13H2,2H3. The highest BCUT2D eigenvalue weighted by atomic mass is 16.2. The monoisotopic (exact) mass is 265 g/mol. The summed E-state index contributed by atoms with van der Waals surface area (Å²) in [5.41, 5.74) is 0. The van der Waals surface area contributed by atoms with E-state index in [2.05, 4.69) is 23.4 Å². The van der Waals surface area contributed by atoms with Crippen LogP contribution in [0.1, 0.15) is 19.3 Å². The van der Waals surface area contributed by atoms with Gasteiger partial charge in [0.25, 0.3) is 0 Å². The van der Waals surface area contributed by atoms with E-state index in [1.807, 2.05) is 11.0 Å². The predicted octanol–water partition coefficient (Wildman–Crippen LogP) is 1.05. The Morgan fingerprint density at radius 2 is 1.89 bits per heavy atom. The van der Waals surface area contributed by atoms with Crippen LogP contribution in [0.5, 0.6) is 0 Å². The van der Waals surface area contributed by atoms with E-state index in [9.17, 15) is 4.79 Å². The molecule has 1 atom stereocenters. The van der Waals surface area contributed by atoms with Crippen molar-refractivity contribution in [2.24, 2.45) is 5.92 Å². The zero-order valence-electron chi connectivity index (χ0n) is 12.2. The molecule has 2 saturated heterocycles. The Morgan fingerprint density at radius 1 is 1.21 bits per heavy atom. The minimum Gasteiger partial charge on any atom is -0.342 e. The van der Waals surface area contributed by atoms with Crippen molar-refractivity contribution >= 4 is 5.91 Å². The van der Waals surface area contributed by atoms with Crippen molar-refractivity contribution in [1.82, 2.24) is 14.7 Å². The highest BCUT2D eigenvalue weighted by Gasteiger charge is 2.26. The predicted molar refractivity (Wildman–Crippen MR) is 78.1 cm³/mol. The number of nitrogens with zero attached hydrogens (tertiary/aromatic N) is 3. The zero-order valence-corrected chi connectivity index (χ0v) is 12.2. The molecule has 2 aliphatic heterocycles. The summed E-state index contributed by atoms with van der Waals surface area (Å²) in [6.07, 6.45) is 4.91. The van der Waals surface area contributed by atoms with Crippen LogP contribution in [0.2, 0.25) is 0 Å². The SMILES string of the molecule is C=CC1CC(=O)N(CCCCN2CCN(C)CC2)C1. The number of hydrogen-bond donors (Lipinski definition) is 0. The quantitative estimate of drug-likeness (QED) is 0.530. The van der Waals surface area contributed by atoms with Crippen molar-refractivity contribution in [3.8, 4) is 0 Å². The smallest absolute Gasteiger partial charge is 0.223 e. The van der Waals surface area contributed by atoms with E-state index in [1.165, 1.54) is 39.1 Å². The van der Waals surface area contributed by atoms with E-state index in [-0.39, 0.29) is 0 Å². The Morgan fingerprint density at radius 3 is 2.53 bits per heavy atom. The number of rotatable bonds is 6. The molecule has 0 spiro atoms. The van der Waals surface area contributed by atoms with Crippen LogP contribution >= 0.6 is 0 Å². The highest BCUT2D eigenvalue weighted by Crippen LogP contribution is 2.18. The van der Waals surface area contributed by atoms with E-state index in [4.69, 9.17) is 0 Å². The summed E-state index contributed by atoms with van der Waals surface area (Å²) in [5.74, 6) is 0.689. The number of unbranched alkanes of at least 4 members (excludes halogenated alkanes) is 1. The van der Waals surface area contributed by atoms with E-state index in [0.29, 0.717) is 18.2 Å². The number of amides is 1. The molecule has 4 nitrogen and oxygen atoms in total. The van der Waals surface area contributed by atoms with Crippen molar-refractivity contribution in [1.29, 1.82) is 0 Å². The van der Waals surface area contributed by atoms with Crippen molar-refractivity contribution in [3.05, 3.63) is 12.7 Å². The molecule has 1 amide bonds. The molecule has 0 bridgehead atoms. The molecule has 0 aromatic rings. The van der Waals surface area contributed by atoms with Gasteiger partial charge in [-0.25, -0.2) is 0 Å². The number of hydrogen-bond acceptors (Lipinski definition) is 3. The molecule has 0 saturated carbocycles. The molecule has 19 heavy (non-hydrogen) atoms.